The minimum Gasteiger partial charge on any atom is -0.393 e. The Bertz CT molecular complexity index is 607. The lowest BCUT2D eigenvalue weighted by Gasteiger charge is -2.06. The summed E-state index contributed by atoms with van der Waals surface area (Å²) in [5.74, 6) is 0. The minimum absolute atomic E-state index is 0.147. The van der Waals surface area contributed by atoms with Crippen molar-refractivity contribution in [2.24, 2.45) is 5.73 Å². The molecule has 0 aliphatic heterocycles. The fourth-order valence-electron chi connectivity index (χ4n) is 1.59. The number of hydrogen-bond donors (Lipinski definition) is 1. The van der Waals surface area contributed by atoms with E-state index < -0.39 is 0 Å². The van der Waals surface area contributed by atoms with Crippen molar-refractivity contribution in [2.75, 3.05) is 0 Å². The van der Waals surface area contributed by atoms with Crippen molar-refractivity contribution in [3.8, 4) is 11.3 Å². The minimum atomic E-state index is -0.147. The first kappa shape index (κ1) is 12.4. The number of aromatic nitrogens is 2. The molecule has 0 bridgehead atoms. The fraction of sp³-hybridized carbons (Fsp3) is 0.154. The molecule has 1 heterocycles. The second kappa shape index (κ2) is 5.55. The number of aryl methyl sites for hydroxylation is 1. The van der Waals surface area contributed by atoms with Crippen molar-refractivity contribution < 1.29 is 0 Å². The number of nitrogens with zero attached hydrogens (tertiary/aromatic N) is 2. The standard InChI is InChI=1S/C13H13N3OS/c14-12(18)8-9-16-13(17)7-6-11(15-16)10-4-2-1-3-5-10/h1-7H,8-9H2,(H2,14,18). The number of hydrogen-bond acceptors (Lipinski definition) is 3. The normalized spacial score (nSPS) is 10.2. The van der Waals surface area contributed by atoms with Crippen LogP contribution >= 0.6 is 12.2 Å². The Balaban J connectivity index is 2.32. The highest BCUT2D eigenvalue weighted by atomic mass is 32.1. The van der Waals surface area contributed by atoms with E-state index in [0.717, 1.165) is 11.3 Å². The highest BCUT2D eigenvalue weighted by Crippen LogP contribution is 2.13. The van der Waals surface area contributed by atoms with Crippen molar-refractivity contribution in [3.05, 3.63) is 52.8 Å². The highest BCUT2D eigenvalue weighted by Gasteiger charge is 2.03. The molecule has 2 aromatic rings. The smallest absolute Gasteiger partial charge is 0.266 e. The highest BCUT2D eigenvalue weighted by molar-refractivity contribution is 7.80. The Morgan fingerprint density at radius 3 is 2.61 bits per heavy atom. The maximum Gasteiger partial charge on any atom is 0.266 e. The van der Waals surface area contributed by atoms with Gasteiger partial charge < -0.3 is 5.73 Å². The van der Waals surface area contributed by atoms with Gasteiger partial charge in [0.2, 0.25) is 0 Å². The maximum absolute atomic E-state index is 11.6. The van der Waals surface area contributed by atoms with Crippen LogP contribution < -0.4 is 11.3 Å². The third-order valence-electron chi connectivity index (χ3n) is 2.51. The van der Waals surface area contributed by atoms with Crippen LogP contribution in [0.4, 0.5) is 0 Å². The van der Waals surface area contributed by atoms with E-state index >= 15 is 0 Å². The molecule has 4 nitrogen and oxygen atoms in total. The average molecular weight is 259 g/mol. The van der Waals surface area contributed by atoms with Gasteiger partial charge in [0.1, 0.15) is 0 Å². The molecule has 0 amide bonds. The van der Waals surface area contributed by atoms with Crippen LogP contribution in [-0.4, -0.2) is 14.8 Å². The van der Waals surface area contributed by atoms with Gasteiger partial charge in [-0.3, -0.25) is 4.79 Å². The molecule has 1 aromatic carbocycles. The quantitative estimate of drug-likeness (QED) is 0.847. The van der Waals surface area contributed by atoms with Crippen molar-refractivity contribution in [3.63, 3.8) is 0 Å². The predicted molar refractivity (Wildman–Crippen MR) is 75.3 cm³/mol. The summed E-state index contributed by atoms with van der Waals surface area (Å²) in [5, 5.41) is 4.30. The monoisotopic (exact) mass is 259 g/mol. The van der Waals surface area contributed by atoms with Crippen LogP contribution in [0.15, 0.2) is 47.3 Å². The Morgan fingerprint density at radius 2 is 1.94 bits per heavy atom. The Hall–Kier alpha value is -2.01. The predicted octanol–water partition coefficient (Wildman–Crippen LogP) is 1.59. The van der Waals surface area contributed by atoms with Crippen molar-refractivity contribution in [1.29, 1.82) is 0 Å². The van der Waals surface area contributed by atoms with Gasteiger partial charge in [0.25, 0.3) is 5.56 Å². The molecule has 2 N–H and O–H groups in total. The Kier molecular flexibility index (Phi) is 3.84. The zero-order valence-electron chi connectivity index (χ0n) is 9.74. The van der Waals surface area contributed by atoms with Gasteiger partial charge in [-0.15, -0.1) is 0 Å². The van der Waals surface area contributed by atoms with E-state index in [2.05, 4.69) is 5.10 Å². The second-order valence-electron chi connectivity index (χ2n) is 3.86. The van der Waals surface area contributed by atoms with Crippen LogP contribution in [0.1, 0.15) is 6.42 Å². The number of nitrogens with two attached hydrogens (primary N) is 1. The summed E-state index contributed by atoms with van der Waals surface area (Å²) in [7, 11) is 0. The Labute approximate surface area is 110 Å². The zero-order valence-corrected chi connectivity index (χ0v) is 10.6. The van der Waals surface area contributed by atoms with Gasteiger partial charge in [0.15, 0.2) is 0 Å². The molecule has 0 fully saturated rings. The molecule has 0 aliphatic rings. The first-order valence-electron chi connectivity index (χ1n) is 5.59. The van der Waals surface area contributed by atoms with Gasteiger partial charge in [-0.1, -0.05) is 42.5 Å². The zero-order chi connectivity index (χ0) is 13.0. The van der Waals surface area contributed by atoms with Gasteiger partial charge in [-0.2, -0.15) is 5.10 Å². The van der Waals surface area contributed by atoms with Crippen LogP contribution in [-0.2, 0) is 6.54 Å². The lowest BCUT2D eigenvalue weighted by molar-refractivity contribution is 0.598. The third-order valence-corrected chi connectivity index (χ3v) is 2.71. The summed E-state index contributed by atoms with van der Waals surface area (Å²) in [6.45, 7) is 0.412. The van der Waals surface area contributed by atoms with Crippen molar-refractivity contribution in [2.45, 2.75) is 13.0 Å². The maximum atomic E-state index is 11.6. The summed E-state index contributed by atoms with van der Waals surface area (Å²) in [6.07, 6.45) is 0.473. The molecule has 0 radical (unpaired) electrons. The first-order chi connectivity index (χ1) is 8.66. The van der Waals surface area contributed by atoms with Gasteiger partial charge in [-0.05, 0) is 6.07 Å². The third kappa shape index (κ3) is 3.01. The van der Waals surface area contributed by atoms with Gasteiger partial charge in [0, 0.05) is 18.1 Å². The molecule has 2 rings (SSSR count). The SMILES string of the molecule is NC(=S)CCn1nc(-c2ccccc2)ccc1=O. The number of benzene rings is 1. The molecule has 0 atom stereocenters. The summed E-state index contributed by atoms with van der Waals surface area (Å²) in [6, 6.07) is 12.9. The van der Waals surface area contributed by atoms with Gasteiger partial charge in [-0.25, -0.2) is 4.68 Å². The largest absolute Gasteiger partial charge is 0.393 e. The van der Waals surface area contributed by atoms with E-state index in [9.17, 15) is 4.79 Å². The lowest BCUT2D eigenvalue weighted by atomic mass is 10.1. The molecule has 92 valence electrons. The van der Waals surface area contributed by atoms with Crippen LogP contribution in [0.2, 0.25) is 0 Å². The van der Waals surface area contributed by atoms with Crippen LogP contribution in [0, 0.1) is 0 Å². The molecular formula is C13H13N3OS. The van der Waals surface area contributed by atoms with Crippen LogP contribution in [0.5, 0.6) is 0 Å². The molecule has 0 spiro atoms. The van der Waals surface area contributed by atoms with E-state index in [1.165, 1.54) is 10.7 Å². The van der Waals surface area contributed by atoms with E-state index in [-0.39, 0.29) is 5.56 Å². The van der Waals surface area contributed by atoms with E-state index in [1.54, 1.807) is 6.07 Å². The lowest BCUT2D eigenvalue weighted by Crippen LogP contribution is -2.24. The molecular weight excluding hydrogens is 246 g/mol. The Morgan fingerprint density at radius 1 is 1.22 bits per heavy atom. The van der Waals surface area contributed by atoms with Crippen LogP contribution in [0.25, 0.3) is 11.3 Å². The fourth-order valence-corrected chi connectivity index (χ4v) is 1.68. The van der Waals surface area contributed by atoms with E-state index in [4.69, 9.17) is 18.0 Å². The van der Waals surface area contributed by atoms with E-state index in [1.807, 2.05) is 30.3 Å². The summed E-state index contributed by atoms with van der Waals surface area (Å²) in [5.41, 5.74) is 7.02. The summed E-state index contributed by atoms with van der Waals surface area (Å²) >= 11 is 4.80. The number of thiocarbonyl (C=S) groups is 1. The second-order valence-corrected chi connectivity index (χ2v) is 4.39. The topological polar surface area (TPSA) is 60.9 Å². The van der Waals surface area contributed by atoms with Crippen LogP contribution in [0.3, 0.4) is 0 Å². The molecule has 0 saturated carbocycles. The first-order valence-corrected chi connectivity index (χ1v) is 5.99. The van der Waals surface area contributed by atoms with Gasteiger partial charge in [0.05, 0.1) is 17.2 Å². The molecule has 0 saturated heterocycles. The van der Waals surface area contributed by atoms with E-state index in [0.29, 0.717) is 18.0 Å². The average Bonchev–Trinajstić information content (AvgIpc) is 2.38. The molecule has 5 heteroatoms. The molecule has 0 unspecified atom stereocenters. The number of rotatable bonds is 4. The summed E-state index contributed by atoms with van der Waals surface area (Å²) in [4.78, 5) is 12.0. The van der Waals surface area contributed by atoms with Gasteiger partial charge >= 0.3 is 0 Å². The molecule has 18 heavy (non-hydrogen) atoms. The van der Waals surface area contributed by atoms with Crippen molar-refractivity contribution in [1.82, 2.24) is 9.78 Å². The molecule has 0 aliphatic carbocycles. The summed E-state index contributed by atoms with van der Waals surface area (Å²) < 4.78 is 1.39. The molecule has 1 aromatic heterocycles. The van der Waals surface area contributed by atoms with Crippen molar-refractivity contribution >= 4 is 17.2 Å².